The molecule has 1 fully saturated rings. The summed E-state index contributed by atoms with van der Waals surface area (Å²) < 4.78 is 0. The van der Waals surface area contributed by atoms with Gasteiger partial charge in [0.15, 0.2) is 0 Å². The number of carbonyl (C=O) groups excluding carboxylic acids is 1. The zero-order valence-corrected chi connectivity index (χ0v) is 13.4. The van der Waals surface area contributed by atoms with E-state index in [2.05, 4.69) is 10.3 Å². The molecule has 1 saturated carbocycles. The van der Waals surface area contributed by atoms with Gasteiger partial charge in [0.2, 0.25) is 0 Å². The molecule has 0 saturated heterocycles. The van der Waals surface area contributed by atoms with Gasteiger partial charge in [-0.15, -0.1) is 24.8 Å². The van der Waals surface area contributed by atoms with E-state index in [9.17, 15) is 4.79 Å². The van der Waals surface area contributed by atoms with Gasteiger partial charge in [0.1, 0.15) is 5.69 Å². The molecule has 1 amide bonds. The monoisotopic (exact) mass is 319 g/mol. The van der Waals surface area contributed by atoms with Crippen molar-refractivity contribution in [2.45, 2.75) is 44.6 Å². The van der Waals surface area contributed by atoms with Crippen molar-refractivity contribution in [3.05, 3.63) is 29.6 Å². The molecule has 4 nitrogen and oxygen atoms in total. The molecule has 1 aliphatic carbocycles. The van der Waals surface area contributed by atoms with Gasteiger partial charge >= 0.3 is 0 Å². The van der Waals surface area contributed by atoms with E-state index in [-0.39, 0.29) is 36.3 Å². The molecule has 0 radical (unpaired) electrons. The second kappa shape index (κ2) is 8.45. The van der Waals surface area contributed by atoms with E-state index in [0.717, 1.165) is 31.4 Å². The number of rotatable bonds is 3. The van der Waals surface area contributed by atoms with E-state index in [1.165, 1.54) is 6.42 Å². The molecule has 1 aromatic rings. The molecular weight excluding hydrogens is 297 g/mol. The predicted molar refractivity (Wildman–Crippen MR) is 85.8 cm³/mol. The Morgan fingerprint density at radius 2 is 1.95 bits per heavy atom. The standard InChI is InChI=1S/C14H21N3O.2ClH/c1-11-6-5-7-12(17-11)13(18)16-10-14(15)8-3-2-4-9-14;;/h5-7H,2-4,8-10,15H2,1H3,(H,16,18);2*1H. The van der Waals surface area contributed by atoms with Crippen LogP contribution in [0.5, 0.6) is 0 Å². The van der Waals surface area contributed by atoms with Crippen LogP contribution >= 0.6 is 24.8 Å². The lowest BCUT2D eigenvalue weighted by Crippen LogP contribution is -2.51. The molecule has 0 atom stereocenters. The number of aromatic nitrogens is 1. The number of aryl methyl sites for hydroxylation is 1. The third kappa shape index (κ3) is 5.27. The average Bonchev–Trinajstić information content (AvgIpc) is 2.37. The highest BCUT2D eigenvalue weighted by atomic mass is 35.5. The fourth-order valence-electron chi connectivity index (χ4n) is 2.45. The van der Waals surface area contributed by atoms with Gasteiger partial charge in [0, 0.05) is 17.8 Å². The maximum Gasteiger partial charge on any atom is 0.269 e. The zero-order valence-electron chi connectivity index (χ0n) is 11.7. The fourth-order valence-corrected chi connectivity index (χ4v) is 2.45. The van der Waals surface area contributed by atoms with Crippen LogP contribution < -0.4 is 11.1 Å². The molecule has 2 rings (SSSR count). The molecule has 0 unspecified atom stereocenters. The van der Waals surface area contributed by atoms with Crippen LogP contribution in [0, 0.1) is 6.92 Å². The summed E-state index contributed by atoms with van der Waals surface area (Å²) in [6.07, 6.45) is 5.57. The van der Waals surface area contributed by atoms with E-state index in [1.807, 2.05) is 19.1 Å². The summed E-state index contributed by atoms with van der Waals surface area (Å²) in [5.74, 6) is -0.130. The van der Waals surface area contributed by atoms with Crippen molar-refractivity contribution in [1.29, 1.82) is 0 Å². The first-order valence-corrected chi connectivity index (χ1v) is 6.60. The second-order valence-corrected chi connectivity index (χ2v) is 5.27. The highest BCUT2D eigenvalue weighted by Crippen LogP contribution is 2.25. The van der Waals surface area contributed by atoms with E-state index < -0.39 is 0 Å². The van der Waals surface area contributed by atoms with Crippen LogP contribution in [-0.2, 0) is 0 Å². The Hall–Kier alpha value is -0.840. The highest BCUT2D eigenvalue weighted by molar-refractivity contribution is 5.92. The third-order valence-electron chi connectivity index (χ3n) is 3.57. The number of nitrogens with one attached hydrogen (secondary N) is 1. The van der Waals surface area contributed by atoms with E-state index in [0.29, 0.717) is 12.2 Å². The number of nitrogens with two attached hydrogens (primary N) is 1. The van der Waals surface area contributed by atoms with E-state index >= 15 is 0 Å². The summed E-state index contributed by atoms with van der Waals surface area (Å²) in [5, 5.41) is 2.91. The summed E-state index contributed by atoms with van der Waals surface area (Å²) >= 11 is 0. The highest BCUT2D eigenvalue weighted by Gasteiger charge is 2.27. The van der Waals surface area contributed by atoms with Gasteiger partial charge in [-0.05, 0) is 31.9 Å². The lowest BCUT2D eigenvalue weighted by Gasteiger charge is -2.33. The van der Waals surface area contributed by atoms with Crippen molar-refractivity contribution in [2.24, 2.45) is 5.73 Å². The van der Waals surface area contributed by atoms with Crippen molar-refractivity contribution in [3.63, 3.8) is 0 Å². The molecule has 0 aliphatic heterocycles. The first-order chi connectivity index (χ1) is 8.59. The number of hydrogen-bond donors (Lipinski definition) is 2. The molecule has 114 valence electrons. The van der Waals surface area contributed by atoms with Crippen LogP contribution in [0.1, 0.15) is 48.3 Å². The second-order valence-electron chi connectivity index (χ2n) is 5.27. The molecule has 0 bridgehead atoms. The van der Waals surface area contributed by atoms with Crippen molar-refractivity contribution < 1.29 is 4.79 Å². The van der Waals surface area contributed by atoms with Gasteiger partial charge in [0.25, 0.3) is 5.91 Å². The minimum absolute atomic E-state index is 0. The Bertz CT molecular complexity index is 434. The minimum Gasteiger partial charge on any atom is -0.349 e. The maximum atomic E-state index is 12.0. The van der Waals surface area contributed by atoms with Crippen molar-refractivity contribution in [1.82, 2.24) is 10.3 Å². The summed E-state index contributed by atoms with van der Waals surface area (Å²) in [6.45, 7) is 2.42. The summed E-state index contributed by atoms with van der Waals surface area (Å²) in [5.41, 5.74) is 7.37. The number of halogens is 2. The van der Waals surface area contributed by atoms with Gasteiger partial charge in [-0.1, -0.05) is 25.3 Å². The van der Waals surface area contributed by atoms with E-state index in [4.69, 9.17) is 5.73 Å². The number of nitrogens with zero attached hydrogens (tertiary/aromatic N) is 1. The molecule has 0 aromatic carbocycles. The van der Waals surface area contributed by atoms with Gasteiger partial charge in [-0.3, -0.25) is 4.79 Å². The normalized spacial score (nSPS) is 16.5. The van der Waals surface area contributed by atoms with Crippen LogP contribution in [0.2, 0.25) is 0 Å². The average molecular weight is 320 g/mol. The van der Waals surface area contributed by atoms with Crippen LogP contribution in [-0.4, -0.2) is 23.0 Å². The molecule has 1 heterocycles. The maximum absolute atomic E-state index is 12.0. The van der Waals surface area contributed by atoms with Crippen molar-refractivity contribution >= 4 is 30.7 Å². The Balaban J connectivity index is 0.00000180. The molecule has 1 aromatic heterocycles. The quantitative estimate of drug-likeness (QED) is 0.899. The first-order valence-electron chi connectivity index (χ1n) is 6.60. The predicted octanol–water partition coefficient (Wildman–Crippen LogP) is 2.63. The van der Waals surface area contributed by atoms with Crippen LogP contribution in [0.3, 0.4) is 0 Å². The minimum atomic E-state index is -0.224. The lowest BCUT2D eigenvalue weighted by molar-refractivity contribution is 0.0932. The molecule has 6 heteroatoms. The van der Waals surface area contributed by atoms with Gasteiger partial charge in [-0.2, -0.15) is 0 Å². The smallest absolute Gasteiger partial charge is 0.269 e. The Labute approximate surface area is 132 Å². The van der Waals surface area contributed by atoms with Gasteiger partial charge < -0.3 is 11.1 Å². The molecule has 20 heavy (non-hydrogen) atoms. The summed E-state index contributed by atoms with van der Waals surface area (Å²) in [7, 11) is 0. The summed E-state index contributed by atoms with van der Waals surface area (Å²) in [6, 6.07) is 5.45. The lowest BCUT2D eigenvalue weighted by atomic mass is 9.82. The Morgan fingerprint density at radius 3 is 2.55 bits per heavy atom. The van der Waals surface area contributed by atoms with Crippen LogP contribution in [0.15, 0.2) is 18.2 Å². The summed E-state index contributed by atoms with van der Waals surface area (Å²) in [4.78, 5) is 16.2. The first kappa shape index (κ1) is 19.2. The molecule has 0 spiro atoms. The van der Waals surface area contributed by atoms with Gasteiger partial charge in [-0.25, -0.2) is 4.98 Å². The third-order valence-corrected chi connectivity index (χ3v) is 3.57. The molecule has 1 aliphatic rings. The number of carbonyl (C=O) groups is 1. The zero-order chi connectivity index (χ0) is 13.0. The topological polar surface area (TPSA) is 68.0 Å². The Morgan fingerprint density at radius 1 is 1.30 bits per heavy atom. The van der Waals surface area contributed by atoms with Crippen molar-refractivity contribution in [3.8, 4) is 0 Å². The van der Waals surface area contributed by atoms with Crippen LogP contribution in [0.4, 0.5) is 0 Å². The SMILES string of the molecule is Cc1cccc(C(=O)NCC2(N)CCCCC2)n1.Cl.Cl. The van der Waals surface area contributed by atoms with Crippen molar-refractivity contribution in [2.75, 3.05) is 6.54 Å². The number of pyridine rings is 1. The molecule has 3 N–H and O–H groups in total. The fraction of sp³-hybridized carbons (Fsp3) is 0.571. The molecular formula is C14H23Cl2N3O. The number of hydrogen-bond acceptors (Lipinski definition) is 3. The van der Waals surface area contributed by atoms with E-state index in [1.54, 1.807) is 6.07 Å². The number of amides is 1. The van der Waals surface area contributed by atoms with Crippen LogP contribution in [0.25, 0.3) is 0 Å². The Kier molecular flexibility index (Phi) is 8.09. The largest absolute Gasteiger partial charge is 0.349 e. The van der Waals surface area contributed by atoms with Gasteiger partial charge in [0.05, 0.1) is 0 Å².